The number of aryl methyl sites for hydroxylation is 1. The first kappa shape index (κ1) is 23.3. The molecule has 0 bridgehead atoms. The van der Waals surface area contributed by atoms with Gasteiger partial charge in [-0.25, -0.2) is 0 Å². The molecule has 33 heavy (non-hydrogen) atoms. The van der Waals surface area contributed by atoms with E-state index >= 15 is 0 Å². The smallest absolute Gasteiger partial charge is 0.189 e. The van der Waals surface area contributed by atoms with Crippen molar-refractivity contribution in [3.63, 3.8) is 0 Å². The molecule has 1 aliphatic rings. The Bertz CT molecular complexity index is 1170. The number of furan rings is 1. The molecule has 1 aliphatic heterocycles. The van der Waals surface area contributed by atoms with Gasteiger partial charge in [-0.1, -0.05) is 45.9 Å². The lowest BCUT2D eigenvalue weighted by Gasteiger charge is -2.44. The minimum Gasteiger partial charge on any atom is -0.507 e. The van der Waals surface area contributed by atoms with Crippen molar-refractivity contribution in [2.24, 2.45) is 17.8 Å². The Kier molecular flexibility index (Phi) is 6.76. The molecule has 0 spiro atoms. The van der Waals surface area contributed by atoms with E-state index in [1.54, 1.807) is 24.5 Å². The summed E-state index contributed by atoms with van der Waals surface area (Å²) in [5, 5.41) is 11.7. The number of ether oxygens (including phenoxy) is 1. The molecule has 4 rings (SSSR count). The number of rotatable bonds is 6. The van der Waals surface area contributed by atoms with E-state index in [-0.39, 0.29) is 23.7 Å². The number of phenolic OH excluding ortho intramolecular Hbond substituents is 1. The molecule has 0 amide bonds. The molecule has 0 aliphatic carbocycles. The molecular formula is C29H34O4. The average Bonchev–Trinajstić information content (AvgIpc) is 3.25. The minimum absolute atomic E-state index is 0.0152. The molecule has 4 nitrogen and oxygen atoms in total. The highest BCUT2D eigenvalue weighted by Gasteiger charge is 2.38. The first-order chi connectivity index (χ1) is 15.8. The van der Waals surface area contributed by atoms with Crippen LogP contribution in [0.25, 0.3) is 17.0 Å². The maximum Gasteiger partial charge on any atom is 0.189 e. The maximum atomic E-state index is 13.2. The lowest BCUT2D eigenvalue weighted by Crippen LogP contribution is -2.45. The van der Waals surface area contributed by atoms with Gasteiger partial charge >= 0.3 is 0 Å². The predicted octanol–water partition coefficient (Wildman–Crippen LogP) is 6.97. The summed E-state index contributed by atoms with van der Waals surface area (Å²) in [6.45, 7) is 10.9. The SMILES string of the molecule is CCC1OC(Cc2cc(C)cc(O)c2C(=O)/C=C/c2ccc3occc3c2)C(C)C(C)C1C. The summed E-state index contributed by atoms with van der Waals surface area (Å²) in [7, 11) is 0. The van der Waals surface area contributed by atoms with Crippen LogP contribution in [0.5, 0.6) is 5.75 Å². The first-order valence-corrected chi connectivity index (χ1v) is 12.0. The van der Waals surface area contributed by atoms with Crippen molar-refractivity contribution in [2.45, 2.75) is 59.7 Å². The lowest BCUT2D eigenvalue weighted by atomic mass is 9.74. The third-order valence-corrected chi connectivity index (χ3v) is 7.50. The van der Waals surface area contributed by atoms with Gasteiger partial charge in [-0.05, 0) is 84.6 Å². The van der Waals surface area contributed by atoms with Gasteiger partial charge in [0.05, 0.1) is 24.0 Å². The molecule has 1 N–H and O–H groups in total. The van der Waals surface area contributed by atoms with E-state index in [2.05, 4.69) is 27.7 Å². The van der Waals surface area contributed by atoms with Crippen molar-refractivity contribution in [1.82, 2.24) is 0 Å². The highest BCUT2D eigenvalue weighted by molar-refractivity contribution is 6.09. The summed E-state index contributed by atoms with van der Waals surface area (Å²) in [5.41, 5.74) is 3.87. The Balaban J connectivity index is 1.61. The normalized spacial score (nSPS) is 25.7. The molecule has 174 valence electrons. The summed E-state index contributed by atoms with van der Waals surface area (Å²) >= 11 is 0. The molecule has 4 heteroatoms. The third-order valence-electron chi connectivity index (χ3n) is 7.50. The number of hydrogen-bond donors (Lipinski definition) is 1. The third kappa shape index (κ3) is 4.77. The topological polar surface area (TPSA) is 59.7 Å². The molecule has 1 aromatic heterocycles. The zero-order valence-corrected chi connectivity index (χ0v) is 20.2. The van der Waals surface area contributed by atoms with Crippen molar-refractivity contribution in [3.05, 3.63) is 71.0 Å². The van der Waals surface area contributed by atoms with Gasteiger partial charge in [0.1, 0.15) is 11.3 Å². The van der Waals surface area contributed by atoms with E-state index in [1.165, 1.54) is 0 Å². The summed E-state index contributed by atoms with van der Waals surface area (Å²) in [4.78, 5) is 13.2. The van der Waals surface area contributed by atoms with Crippen LogP contribution < -0.4 is 0 Å². The number of fused-ring (bicyclic) bond motifs is 1. The van der Waals surface area contributed by atoms with Gasteiger partial charge in [-0.3, -0.25) is 4.79 Å². The van der Waals surface area contributed by atoms with E-state index in [4.69, 9.17) is 9.15 Å². The van der Waals surface area contributed by atoms with Gasteiger partial charge in [-0.2, -0.15) is 0 Å². The van der Waals surface area contributed by atoms with E-state index < -0.39 is 0 Å². The van der Waals surface area contributed by atoms with E-state index in [0.29, 0.717) is 29.7 Å². The Morgan fingerprint density at radius 3 is 2.55 bits per heavy atom. The largest absolute Gasteiger partial charge is 0.507 e. The molecular weight excluding hydrogens is 412 g/mol. The zero-order chi connectivity index (χ0) is 23.7. The fourth-order valence-corrected chi connectivity index (χ4v) is 5.18. The van der Waals surface area contributed by atoms with Crippen molar-refractivity contribution < 1.29 is 19.1 Å². The van der Waals surface area contributed by atoms with Crippen LogP contribution in [-0.4, -0.2) is 23.1 Å². The summed E-state index contributed by atoms with van der Waals surface area (Å²) in [6.07, 6.45) is 6.80. The summed E-state index contributed by atoms with van der Waals surface area (Å²) in [6, 6.07) is 11.3. The van der Waals surface area contributed by atoms with Crippen LogP contribution in [0.3, 0.4) is 0 Å². The van der Waals surface area contributed by atoms with Gasteiger partial charge in [0.15, 0.2) is 5.78 Å². The number of benzene rings is 2. The quantitative estimate of drug-likeness (QED) is 0.328. The Labute approximate surface area is 196 Å². The van der Waals surface area contributed by atoms with Gasteiger partial charge < -0.3 is 14.3 Å². The second kappa shape index (κ2) is 9.56. The van der Waals surface area contributed by atoms with Crippen molar-refractivity contribution in [1.29, 1.82) is 0 Å². The van der Waals surface area contributed by atoms with E-state index in [0.717, 1.165) is 34.1 Å². The van der Waals surface area contributed by atoms with E-state index in [1.807, 2.05) is 37.3 Å². The van der Waals surface area contributed by atoms with Crippen LogP contribution in [0.2, 0.25) is 0 Å². The number of ketones is 1. The molecule has 0 saturated carbocycles. The molecule has 2 heterocycles. The standard InChI is InChI=1S/C29H34O4/c1-6-26-19(4)18(3)20(5)28(33-26)16-23-13-17(2)14-25(31)29(23)24(30)9-7-21-8-10-27-22(15-21)11-12-32-27/h7-15,18-20,26,28,31H,6,16H2,1-5H3/b9-7+. The number of aromatic hydroxyl groups is 1. The van der Waals surface area contributed by atoms with Crippen LogP contribution in [-0.2, 0) is 11.2 Å². The van der Waals surface area contributed by atoms with Crippen LogP contribution in [0.4, 0.5) is 0 Å². The van der Waals surface area contributed by atoms with Crippen molar-refractivity contribution in [2.75, 3.05) is 0 Å². The molecule has 3 aromatic rings. The van der Waals surface area contributed by atoms with Crippen LogP contribution in [0.1, 0.15) is 61.2 Å². The number of phenols is 1. The van der Waals surface area contributed by atoms with Gasteiger partial charge in [-0.15, -0.1) is 0 Å². The van der Waals surface area contributed by atoms with Crippen molar-refractivity contribution in [3.8, 4) is 5.75 Å². The first-order valence-electron chi connectivity index (χ1n) is 12.0. The summed E-state index contributed by atoms with van der Waals surface area (Å²) in [5.74, 6) is 1.23. The highest BCUT2D eigenvalue weighted by Crippen LogP contribution is 2.38. The minimum atomic E-state index is -0.202. The fourth-order valence-electron chi connectivity index (χ4n) is 5.18. The zero-order valence-electron chi connectivity index (χ0n) is 20.2. The molecule has 5 unspecified atom stereocenters. The predicted molar refractivity (Wildman–Crippen MR) is 133 cm³/mol. The Hall–Kier alpha value is -2.85. The molecule has 2 aromatic carbocycles. The Morgan fingerprint density at radius 1 is 1.03 bits per heavy atom. The van der Waals surface area contributed by atoms with Gasteiger partial charge in [0.25, 0.3) is 0 Å². The van der Waals surface area contributed by atoms with Crippen LogP contribution >= 0.6 is 0 Å². The second-order valence-electron chi connectivity index (χ2n) is 9.64. The maximum absolute atomic E-state index is 13.2. The molecule has 0 radical (unpaired) electrons. The fraction of sp³-hybridized carbons (Fsp3) is 0.414. The molecule has 1 saturated heterocycles. The number of hydrogen-bond acceptors (Lipinski definition) is 4. The van der Waals surface area contributed by atoms with E-state index in [9.17, 15) is 9.90 Å². The number of carbonyl (C=O) groups is 1. The van der Waals surface area contributed by atoms with Crippen LogP contribution in [0.15, 0.2) is 53.2 Å². The van der Waals surface area contributed by atoms with Gasteiger partial charge in [0, 0.05) is 5.39 Å². The average molecular weight is 447 g/mol. The highest BCUT2D eigenvalue weighted by atomic mass is 16.5. The summed E-state index contributed by atoms with van der Waals surface area (Å²) < 4.78 is 11.9. The number of allylic oxidation sites excluding steroid dienone is 1. The second-order valence-corrected chi connectivity index (χ2v) is 9.64. The lowest BCUT2D eigenvalue weighted by molar-refractivity contribution is -0.132. The Morgan fingerprint density at radius 2 is 1.79 bits per heavy atom. The monoisotopic (exact) mass is 446 g/mol. The number of carbonyl (C=O) groups excluding carboxylic acids is 1. The van der Waals surface area contributed by atoms with Crippen LogP contribution in [0, 0.1) is 24.7 Å². The molecule has 1 fully saturated rings. The molecule has 5 atom stereocenters. The van der Waals surface area contributed by atoms with Gasteiger partial charge in [0.2, 0.25) is 0 Å². The van der Waals surface area contributed by atoms with Crippen molar-refractivity contribution >= 4 is 22.8 Å².